The molecule has 0 radical (unpaired) electrons. The van der Waals surface area contributed by atoms with Crippen molar-refractivity contribution in [3.8, 4) is 45.0 Å². The number of hydrogen-bond donors (Lipinski definition) is 0. The lowest BCUT2D eigenvalue weighted by molar-refractivity contribution is 0.353. The highest BCUT2D eigenvalue weighted by Gasteiger charge is 2.43. The molecule has 42 heavy (non-hydrogen) atoms. The minimum Gasteiger partial charge on any atom is -0.238 e. The van der Waals surface area contributed by atoms with Crippen LogP contribution in [-0.4, -0.2) is 9.97 Å². The third kappa shape index (κ3) is 3.95. The first-order chi connectivity index (χ1) is 20.7. The topological polar surface area (TPSA) is 30.1 Å². The van der Waals surface area contributed by atoms with Gasteiger partial charge in [0.25, 0.3) is 0 Å². The van der Waals surface area contributed by atoms with Gasteiger partial charge in [-0.1, -0.05) is 110 Å². The number of fused-ring (bicyclic) bond motifs is 6. The van der Waals surface area contributed by atoms with Gasteiger partial charge in [-0.25, -0.2) is 14.8 Å². The molecule has 0 amide bonds. The van der Waals surface area contributed by atoms with Gasteiger partial charge in [-0.15, -0.1) is 0 Å². The summed E-state index contributed by atoms with van der Waals surface area (Å²) in [5.41, 5.74) is 11.1. The zero-order valence-corrected chi connectivity index (χ0v) is 23.3. The van der Waals surface area contributed by atoms with E-state index in [1.54, 1.807) is 0 Å². The number of hydrogen-bond acceptors (Lipinski definition) is 2. The maximum Gasteiger partial charge on any atom is 0.187 e. The van der Waals surface area contributed by atoms with Crippen molar-refractivity contribution in [2.24, 2.45) is 0 Å². The van der Waals surface area contributed by atoms with Crippen LogP contribution in [0.3, 0.4) is 0 Å². The Bertz CT molecular complexity index is 2030. The molecule has 0 N–H and O–H groups in total. The highest BCUT2D eigenvalue weighted by Crippen LogP contribution is 2.57. The standard InChI is InChI=1S/C39H29N3/c1-40-31-17-19-34-33(24-31)32-18-16-30(23-35(32)39(34)20-8-3-9-21-39)37-25-36(41-38(42-37)27-11-4-2-5-12-27)29-15-14-26-10-6-7-13-28(26)22-29/h2,4-7,10-19,22-25H,3,8-9,20-21H2. The number of rotatable bonds is 3. The third-order valence-electron chi connectivity index (χ3n) is 9.28. The van der Waals surface area contributed by atoms with Crippen LogP contribution in [0.4, 0.5) is 5.69 Å². The van der Waals surface area contributed by atoms with Gasteiger partial charge in [0.15, 0.2) is 11.5 Å². The summed E-state index contributed by atoms with van der Waals surface area (Å²) in [5, 5.41) is 2.42. The van der Waals surface area contributed by atoms with Gasteiger partial charge >= 0.3 is 0 Å². The van der Waals surface area contributed by atoms with Crippen molar-refractivity contribution in [3.05, 3.63) is 138 Å². The van der Waals surface area contributed by atoms with Crippen LogP contribution in [0.2, 0.25) is 0 Å². The van der Waals surface area contributed by atoms with Crippen LogP contribution in [0.5, 0.6) is 0 Å². The molecule has 2 aliphatic rings. The molecule has 3 heteroatoms. The zero-order chi connectivity index (χ0) is 28.1. The molecule has 0 aliphatic heterocycles. The lowest BCUT2D eigenvalue weighted by atomic mass is 9.67. The van der Waals surface area contributed by atoms with E-state index in [9.17, 15) is 0 Å². The van der Waals surface area contributed by atoms with Crippen LogP contribution in [0.15, 0.2) is 115 Å². The van der Waals surface area contributed by atoms with E-state index < -0.39 is 0 Å². The van der Waals surface area contributed by atoms with Gasteiger partial charge in [0, 0.05) is 22.1 Å². The van der Waals surface area contributed by atoms with Crippen molar-refractivity contribution in [2.45, 2.75) is 37.5 Å². The Labute approximate surface area is 246 Å². The van der Waals surface area contributed by atoms with Gasteiger partial charge in [-0.2, -0.15) is 0 Å². The monoisotopic (exact) mass is 539 g/mol. The van der Waals surface area contributed by atoms with Crippen molar-refractivity contribution in [1.82, 2.24) is 9.97 Å². The molecule has 1 fully saturated rings. The maximum atomic E-state index is 7.61. The minimum atomic E-state index is 0.00987. The Morgan fingerprint density at radius 2 is 1.26 bits per heavy atom. The first-order valence-corrected chi connectivity index (χ1v) is 14.8. The van der Waals surface area contributed by atoms with E-state index in [1.165, 1.54) is 52.3 Å². The third-order valence-corrected chi connectivity index (χ3v) is 9.28. The first kappa shape index (κ1) is 24.7. The van der Waals surface area contributed by atoms with Crippen LogP contribution >= 0.6 is 0 Å². The molecule has 200 valence electrons. The van der Waals surface area contributed by atoms with E-state index in [1.807, 2.05) is 24.3 Å². The van der Waals surface area contributed by atoms with E-state index in [2.05, 4.69) is 95.8 Å². The molecule has 0 saturated heterocycles. The average Bonchev–Trinajstić information content (AvgIpc) is 3.32. The fourth-order valence-electron chi connectivity index (χ4n) is 7.22. The second-order valence-corrected chi connectivity index (χ2v) is 11.6. The Morgan fingerprint density at radius 3 is 2.05 bits per heavy atom. The molecule has 1 heterocycles. The molecule has 1 saturated carbocycles. The summed E-state index contributed by atoms with van der Waals surface area (Å²) in [7, 11) is 0. The van der Waals surface area contributed by atoms with Crippen LogP contribution < -0.4 is 0 Å². The summed E-state index contributed by atoms with van der Waals surface area (Å²) >= 11 is 0. The van der Waals surface area contributed by atoms with Crippen molar-refractivity contribution in [3.63, 3.8) is 0 Å². The Morgan fingerprint density at radius 1 is 0.548 bits per heavy atom. The summed E-state index contributed by atoms with van der Waals surface area (Å²) in [6, 6.07) is 40.6. The normalized spacial score (nSPS) is 14.8. The lowest BCUT2D eigenvalue weighted by Gasteiger charge is -2.36. The molecular formula is C39H29N3. The molecular weight excluding hydrogens is 510 g/mol. The van der Waals surface area contributed by atoms with Crippen LogP contribution in [0.25, 0.3) is 60.6 Å². The molecule has 0 atom stereocenters. The van der Waals surface area contributed by atoms with E-state index in [4.69, 9.17) is 16.5 Å². The van der Waals surface area contributed by atoms with E-state index >= 15 is 0 Å². The predicted molar refractivity (Wildman–Crippen MR) is 171 cm³/mol. The number of benzene rings is 5. The number of aromatic nitrogens is 2. The van der Waals surface area contributed by atoms with E-state index in [0.29, 0.717) is 5.69 Å². The fourth-order valence-corrected chi connectivity index (χ4v) is 7.22. The molecule has 3 nitrogen and oxygen atoms in total. The largest absolute Gasteiger partial charge is 0.238 e. The molecule has 5 aromatic carbocycles. The molecule has 0 unspecified atom stereocenters. The van der Waals surface area contributed by atoms with E-state index in [-0.39, 0.29) is 5.41 Å². The molecule has 6 aromatic rings. The Hall–Kier alpha value is -5.07. The van der Waals surface area contributed by atoms with E-state index in [0.717, 1.165) is 46.7 Å². The second-order valence-electron chi connectivity index (χ2n) is 11.6. The zero-order valence-electron chi connectivity index (χ0n) is 23.3. The van der Waals surface area contributed by atoms with Crippen LogP contribution in [-0.2, 0) is 5.41 Å². The fraction of sp³-hybridized carbons (Fsp3) is 0.154. The molecule has 2 aliphatic carbocycles. The summed E-state index contributed by atoms with van der Waals surface area (Å²) < 4.78 is 0. The van der Waals surface area contributed by atoms with Crippen molar-refractivity contribution in [2.75, 3.05) is 0 Å². The maximum absolute atomic E-state index is 7.61. The number of nitrogens with zero attached hydrogens (tertiary/aromatic N) is 3. The average molecular weight is 540 g/mol. The van der Waals surface area contributed by atoms with Crippen molar-refractivity contribution >= 4 is 16.5 Å². The van der Waals surface area contributed by atoms with Crippen LogP contribution in [0, 0.1) is 6.57 Å². The SMILES string of the molecule is [C-]#[N+]c1ccc2c(c1)-c1ccc(-c3cc(-c4ccc5ccccc5c4)nc(-c4ccccc4)n3)cc1C21CCCCC1. The molecule has 1 aromatic heterocycles. The quantitative estimate of drug-likeness (QED) is 0.209. The molecule has 0 bridgehead atoms. The van der Waals surface area contributed by atoms with Gasteiger partial charge in [0.1, 0.15) is 0 Å². The molecule has 1 spiro atoms. The summed E-state index contributed by atoms with van der Waals surface area (Å²) in [6.45, 7) is 7.61. The van der Waals surface area contributed by atoms with Gasteiger partial charge in [-0.05, 0) is 70.1 Å². The summed E-state index contributed by atoms with van der Waals surface area (Å²) in [5.74, 6) is 0.731. The highest BCUT2D eigenvalue weighted by molar-refractivity contribution is 5.88. The molecule has 8 rings (SSSR count). The van der Waals surface area contributed by atoms with Crippen LogP contribution in [0.1, 0.15) is 43.2 Å². The highest BCUT2D eigenvalue weighted by atomic mass is 14.9. The smallest absolute Gasteiger partial charge is 0.187 e. The summed E-state index contributed by atoms with van der Waals surface area (Å²) in [4.78, 5) is 14.0. The predicted octanol–water partition coefficient (Wildman–Crippen LogP) is 10.4. The van der Waals surface area contributed by atoms with Gasteiger partial charge in [0.2, 0.25) is 0 Å². The minimum absolute atomic E-state index is 0.00987. The van der Waals surface area contributed by atoms with Crippen molar-refractivity contribution in [1.29, 1.82) is 0 Å². The first-order valence-electron chi connectivity index (χ1n) is 14.8. The van der Waals surface area contributed by atoms with Crippen molar-refractivity contribution < 1.29 is 0 Å². The van der Waals surface area contributed by atoms with Gasteiger partial charge in [-0.3, -0.25) is 0 Å². The second kappa shape index (κ2) is 9.79. The summed E-state index contributed by atoms with van der Waals surface area (Å²) in [6.07, 6.45) is 6.04. The van der Waals surface area contributed by atoms with Gasteiger partial charge in [0.05, 0.1) is 18.0 Å². The lowest BCUT2D eigenvalue weighted by Crippen LogP contribution is -2.28. The Balaban J connectivity index is 1.32. The van der Waals surface area contributed by atoms with Gasteiger partial charge < -0.3 is 0 Å². The Kier molecular flexibility index (Phi) is 5.76.